The van der Waals surface area contributed by atoms with Gasteiger partial charge in [0.1, 0.15) is 11.5 Å². The Morgan fingerprint density at radius 3 is 2.86 bits per heavy atom. The van der Waals surface area contributed by atoms with Crippen molar-refractivity contribution in [1.82, 2.24) is 14.8 Å². The maximum atomic E-state index is 13.2. The van der Waals surface area contributed by atoms with Crippen LogP contribution in [-0.4, -0.2) is 40.8 Å². The minimum Gasteiger partial charge on any atom is -0.344 e. The third kappa shape index (κ3) is 2.35. The van der Waals surface area contributed by atoms with Crippen LogP contribution < -0.4 is 5.32 Å². The average molecular weight is 377 g/mol. The Labute approximate surface area is 165 Å². The molecule has 0 bridgehead atoms. The number of hydrogen-bond donors (Lipinski definition) is 1. The number of carbonyl (C=O) groups excluding carboxylic acids is 2. The molecule has 5 rings (SSSR count). The number of para-hydroxylation sites is 1. The van der Waals surface area contributed by atoms with Gasteiger partial charge in [0.15, 0.2) is 0 Å². The Balaban J connectivity index is 1.76. The quantitative estimate of drug-likeness (QED) is 0.890. The first-order chi connectivity index (χ1) is 13.6. The van der Waals surface area contributed by atoms with Crippen LogP contribution in [0.5, 0.6) is 0 Å². The van der Waals surface area contributed by atoms with Gasteiger partial charge in [0.05, 0.1) is 18.1 Å². The van der Waals surface area contributed by atoms with Gasteiger partial charge in [0, 0.05) is 23.0 Å². The van der Waals surface area contributed by atoms with Crippen LogP contribution in [0.2, 0.25) is 0 Å². The summed E-state index contributed by atoms with van der Waals surface area (Å²) in [7, 11) is 0. The number of rotatable bonds is 4. The molecular formula is C23H27N3O2. The topological polar surface area (TPSA) is 54.3 Å². The van der Waals surface area contributed by atoms with Gasteiger partial charge in [-0.3, -0.25) is 14.5 Å². The predicted octanol–water partition coefficient (Wildman–Crippen LogP) is 3.29. The van der Waals surface area contributed by atoms with Crippen molar-refractivity contribution in [3.63, 3.8) is 0 Å². The van der Waals surface area contributed by atoms with Gasteiger partial charge in [-0.1, -0.05) is 25.1 Å². The number of fused-ring (bicyclic) bond motifs is 3. The van der Waals surface area contributed by atoms with Crippen molar-refractivity contribution in [1.29, 1.82) is 0 Å². The summed E-state index contributed by atoms with van der Waals surface area (Å²) >= 11 is 0. The van der Waals surface area contributed by atoms with Crippen LogP contribution in [0.3, 0.4) is 0 Å². The summed E-state index contributed by atoms with van der Waals surface area (Å²) in [4.78, 5) is 27.3. The zero-order valence-electron chi connectivity index (χ0n) is 16.6. The van der Waals surface area contributed by atoms with Crippen molar-refractivity contribution in [2.75, 3.05) is 19.6 Å². The Hall–Kier alpha value is -2.40. The molecule has 1 N–H and O–H groups in total. The number of ketones is 1. The van der Waals surface area contributed by atoms with Crippen molar-refractivity contribution in [3.8, 4) is 0 Å². The number of nitrogens with one attached hydrogen (secondary N) is 1. The smallest absolute Gasteiger partial charge is 0.268 e. The number of hydrogen-bond acceptors (Lipinski definition) is 3. The molecule has 28 heavy (non-hydrogen) atoms. The summed E-state index contributed by atoms with van der Waals surface area (Å²) in [6.45, 7) is 6.05. The largest absolute Gasteiger partial charge is 0.344 e. The molecule has 0 radical (unpaired) electrons. The highest BCUT2D eigenvalue weighted by atomic mass is 16.2. The summed E-state index contributed by atoms with van der Waals surface area (Å²) in [5, 5.41) is 4.11. The molecule has 0 aliphatic carbocycles. The molecular weight excluding hydrogens is 350 g/mol. The lowest BCUT2D eigenvalue weighted by Gasteiger charge is -2.53. The lowest BCUT2D eigenvalue weighted by molar-refractivity contribution is -0.121. The van der Waals surface area contributed by atoms with E-state index in [4.69, 9.17) is 0 Å². The fraction of sp³-hybridized carbons (Fsp3) is 0.478. The second kappa shape index (κ2) is 6.31. The number of Topliss-reactive ketones (excluding diaryl/α,β-unsaturated/α-hetero) is 1. The Kier molecular flexibility index (Phi) is 3.98. The summed E-state index contributed by atoms with van der Waals surface area (Å²) in [5.41, 5.74) is 4.50. The molecule has 4 heterocycles. The average Bonchev–Trinajstić information content (AvgIpc) is 3.05. The number of benzene rings is 1. The van der Waals surface area contributed by atoms with Gasteiger partial charge in [0.2, 0.25) is 0 Å². The van der Waals surface area contributed by atoms with Crippen molar-refractivity contribution in [3.05, 3.63) is 41.6 Å². The number of aromatic nitrogens is 1. The van der Waals surface area contributed by atoms with Crippen molar-refractivity contribution in [2.45, 2.75) is 45.6 Å². The van der Waals surface area contributed by atoms with Crippen LogP contribution in [0.15, 0.2) is 30.3 Å². The van der Waals surface area contributed by atoms with Gasteiger partial charge in [-0.2, -0.15) is 0 Å². The number of carbonyl (C=O) groups is 2. The van der Waals surface area contributed by atoms with Crippen LogP contribution in [-0.2, 0) is 16.0 Å². The maximum absolute atomic E-state index is 13.2. The number of amides is 1. The monoisotopic (exact) mass is 377 g/mol. The van der Waals surface area contributed by atoms with Crippen molar-refractivity contribution >= 4 is 28.3 Å². The SMILES string of the molecule is CC[C@@]12C=C(C(=O)NCC(C)=O)n3c4c(c5ccccc53)CCN(CCC1)[C@H]42. The zero-order valence-corrected chi connectivity index (χ0v) is 16.6. The van der Waals surface area contributed by atoms with Gasteiger partial charge in [-0.25, -0.2) is 0 Å². The third-order valence-electron chi connectivity index (χ3n) is 6.98. The summed E-state index contributed by atoms with van der Waals surface area (Å²) < 4.78 is 2.19. The van der Waals surface area contributed by atoms with Crippen LogP contribution in [0, 0.1) is 5.41 Å². The van der Waals surface area contributed by atoms with E-state index in [0.29, 0.717) is 11.7 Å². The fourth-order valence-electron chi connectivity index (χ4n) is 5.74. The molecule has 1 aromatic heterocycles. The van der Waals surface area contributed by atoms with Crippen LogP contribution in [0.4, 0.5) is 0 Å². The van der Waals surface area contributed by atoms with E-state index in [1.807, 2.05) is 6.07 Å². The molecule has 146 valence electrons. The second-order valence-electron chi connectivity index (χ2n) is 8.51. The standard InChI is InChI=1S/C23H27N3O2/c1-3-23-10-6-11-25-12-9-17-16-7-4-5-8-18(16)26(20(17)21(23)25)19(13-23)22(28)24-14-15(2)27/h4-5,7-8,13,21H,3,6,9-12,14H2,1-2H3,(H,24,28)/t21-,23+/m1/s1. The van der Waals surface area contributed by atoms with Crippen LogP contribution >= 0.6 is 0 Å². The van der Waals surface area contributed by atoms with E-state index in [1.165, 1.54) is 30.0 Å². The molecule has 1 fully saturated rings. The van der Waals surface area contributed by atoms with Crippen LogP contribution in [0.25, 0.3) is 16.6 Å². The molecule has 2 aromatic rings. The van der Waals surface area contributed by atoms with Crippen LogP contribution in [0.1, 0.15) is 50.4 Å². The molecule has 3 aliphatic rings. The van der Waals surface area contributed by atoms with Gasteiger partial charge < -0.3 is 9.88 Å². The first-order valence-corrected chi connectivity index (χ1v) is 10.4. The highest BCUT2D eigenvalue weighted by Gasteiger charge is 2.50. The van der Waals surface area contributed by atoms with Gasteiger partial charge in [0.25, 0.3) is 5.91 Å². The van der Waals surface area contributed by atoms with Gasteiger partial charge >= 0.3 is 0 Å². The zero-order chi connectivity index (χ0) is 19.5. The third-order valence-corrected chi connectivity index (χ3v) is 6.98. The van der Waals surface area contributed by atoms with Gasteiger partial charge in [-0.05, 0) is 56.9 Å². The first kappa shape index (κ1) is 17.7. The van der Waals surface area contributed by atoms with Crippen molar-refractivity contribution in [2.24, 2.45) is 5.41 Å². The normalized spacial score (nSPS) is 25.9. The van der Waals surface area contributed by atoms with Crippen molar-refractivity contribution < 1.29 is 9.59 Å². The predicted molar refractivity (Wildman–Crippen MR) is 110 cm³/mol. The van der Waals surface area contributed by atoms with E-state index < -0.39 is 0 Å². The summed E-state index contributed by atoms with van der Waals surface area (Å²) in [6.07, 6.45) is 6.54. The maximum Gasteiger partial charge on any atom is 0.268 e. The summed E-state index contributed by atoms with van der Waals surface area (Å²) in [5.74, 6) is -0.177. The van der Waals surface area contributed by atoms with E-state index in [1.54, 1.807) is 0 Å². The molecule has 5 nitrogen and oxygen atoms in total. The highest BCUT2D eigenvalue weighted by Crippen LogP contribution is 2.56. The van der Waals surface area contributed by atoms with E-state index in [9.17, 15) is 9.59 Å². The Bertz CT molecular complexity index is 1020. The molecule has 0 spiro atoms. The molecule has 1 saturated heterocycles. The molecule has 0 unspecified atom stereocenters. The minimum absolute atomic E-state index is 0.0132. The molecule has 3 aliphatic heterocycles. The lowest BCUT2D eigenvalue weighted by Crippen LogP contribution is -2.51. The van der Waals surface area contributed by atoms with E-state index >= 15 is 0 Å². The van der Waals surface area contributed by atoms with E-state index in [2.05, 4.69) is 46.0 Å². The second-order valence-corrected chi connectivity index (χ2v) is 8.51. The lowest BCUT2D eigenvalue weighted by atomic mass is 9.66. The molecule has 0 saturated carbocycles. The minimum atomic E-state index is -0.146. The molecule has 1 amide bonds. The molecule has 5 heteroatoms. The number of piperidine rings is 1. The Morgan fingerprint density at radius 1 is 1.25 bits per heavy atom. The number of nitrogens with zero attached hydrogens (tertiary/aromatic N) is 2. The van der Waals surface area contributed by atoms with E-state index in [0.717, 1.165) is 37.9 Å². The van der Waals surface area contributed by atoms with Gasteiger partial charge in [-0.15, -0.1) is 0 Å². The highest BCUT2D eigenvalue weighted by molar-refractivity contribution is 6.17. The Morgan fingerprint density at radius 2 is 2.07 bits per heavy atom. The first-order valence-electron chi connectivity index (χ1n) is 10.4. The fourth-order valence-corrected chi connectivity index (χ4v) is 5.74. The van der Waals surface area contributed by atoms with E-state index in [-0.39, 0.29) is 23.7 Å². The molecule has 2 atom stereocenters. The summed E-state index contributed by atoms with van der Waals surface area (Å²) in [6, 6.07) is 8.78. The molecule has 1 aromatic carbocycles.